The number of aryl methyl sites for hydroxylation is 1. The Labute approximate surface area is 172 Å². The molecule has 4 rings (SSSR count). The summed E-state index contributed by atoms with van der Waals surface area (Å²) in [6.45, 7) is 2.74. The summed E-state index contributed by atoms with van der Waals surface area (Å²) >= 11 is 2.81. The maximum atomic E-state index is 12.8. The van der Waals surface area contributed by atoms with Gasteiger partial charge in [-0.25, -0.2) is 4.98 Å². The smallest absolute Gasteiger partial charge is 0.264 e. The molecule has 7 heteroatoms. The molecule has 5 nitrogen and oxygen atoms in total. The van der Waals surface area contributed by atoms with E-state index in [0.29, 0.717) is 23.0 Å². The zero-order valence-electron chi connectivity index (χ0n) is 15.6. The highest BCUT2D eigenvalue weighted by atomic mass is 32.1. The average molecular weight is 412 g/mol. The Morgan fingerprint density at radius 2 is 2.04 bits per heavy atom. The number of thiophene rings is 1. The molecule has 0 aliphatic carbocycles. The Morgan fingerprint density at radius 3 is 2.75 bits per heavy atom. The summed E-state index contributed by atoms with van der Waals surface area (Å²) in [6.07, 6.45) is 2.52. The monoisotopic (exact) mass is 411 g/mol. The summed E-state index contributed by atoms with van der Waals surface area (Å²) < 4.78 is 0. The molecule has 3 heterocycles. The zero-order valence-corrected chi connectivity index (χ0v) is 17.2. The predicted molar refractivity (Wildman–Crippen MR) is 114 cm³/mol. The third-order valence-electron chi connectivity index (χ3n) is 4.94. The first-order valence-corrected chi connectivity index (χ1v) is 11.1. The van der Waals surface area contributed by atoms with Crippen LogP contribution in [0, 0.1) is 0 Å². The standard InChI is InChI=1S/C21H21N3O2S2/c1-2-14-7-9-15(10-8-14)16-13-28-21(22-16)23-19(25)17-5-3-11-24(17)20(26)18-6-4-12-27-18/h4,6-10,12-13,17H,2-3,5,11H2,1H3,(H,22,23,25). The number of benzene rings is 1. The number of hydrogen-bond donors (Lipinski definition) is 1. The number of aromatic nitrogens is 1. The van der Waals surface area contributed by atoms with Gasteiger partial charge in [-0.2, -0.15) is 0 Å². The summed E-state index contributed by atoms with van der Waals surface area (Å²) in [5.41, 5.74) is 3.16. The van der Waals surface area contributed by atoms with Crippen LogP contribution in [0.2, 0.25) is 0 Å². The van der Waals surface area contributed by atoms with Crippen LogP contribution in [0.5, 0.6) is 0 Å². The van der Waals surface area contributed by atoms with Crippen LogP contribution in [0.4, 0.5) is 5.13 Å². The maximum Gasteiger partial charge on any atom is 0.264 e. The Morgan fingerprint density at radius 1 is 1.21 bits per heavy atom. The second-order valence-corrected chi connectivity index (χ2v) is 8.52. The summed E-state index contributed by atoms with van der Waals surface area (Å²) in [6, 6.07) is 11.5. The molecule has 1 N–H and O–H groups in total. The normalized spacial score (nSPS) is 16.3. The number of hydrogen-bond acceptors (Lipinski definition) is 5. The molecule has 1 aliphatic rings. The van der Waals surface area contributed by atoms with Gasteiger partial charge in [0.15, 0.2) is 5.13 Å². The number of likely N-dealkylation sites (tertiary alicyclic amines) is 1. The van der Waals surface area contributed by atoms with E-state index in [1.165, 1.54) is 28.2 Å². The molecule has 1 fully saturated rings. The van der Waals surface area contributed by atoms with E-state index in [4.69, 9.17) is 0 Å². The van der Waals surface area contributed by atoms with Gasteiger partial charge in [-0.3, -0.25) is 9.59 Å². The number of carbonyl (C=O) groups is 2. The molecular formula is C21H21N3O2S2. The molecule has 28 heavy (non-hydrogen) atoms. The van der Waals surface area contributed by atoms with Gasteiger partial charge in [0, 0.05) is 17.5 Å². The fourth-order valence-corrected chi connectivity index (χ4v) is 4.79. The quantitative estimate of drug-likeness (QED) is 0.663. The van der Waals surface area contributed by atoms with Crippen molar-refractivity contribution in [3.63, 3.8) is 0 Å². The van der Waals surface area contributed by atoms with Crippen LogP contribution in [-0.2, 0) is 11.2 Å². The van der Waals surface area contributed by atoms with Crippen molar-refractivity contribution < 1.29 is 9.59 Å². The van der Waals surface area contributed by atoms with E-state index < -0.39 is 6.04 Å². The molecule has 1 aliphatic heterocycles. The molecule has 1 unspecified atom stereocenters. The van der Waals surface area contributed by atoms with E-state index >= 15 is 0 Å². The van der Waals surface area contributed by atoms with Crippen LogP contribution in [0.15, 0.2) is 47.2 Å². The lowest BCUT2D eigenvalue weighted by Crippen LogP contribution is -2.42. The molecule has 2 amide bonds. The molecule has 0 spiro atoms. The van der Waals surface area contributed by atoms with Crippen molar-refractivity contribution in [3.8, 4) is 11.3 Å². The number of nitrogens with one attached hydrogen (secondary N) is 1. The van der Waals surface area contributed by atoms with E-state index in [-0.39, 0.29) is 11.8 Å². The lowest BCUT2D eigenvalue weighted by Gasteiger charge is -2.22. The van der Waals surface area contributed by atoms with E-state index in [1.54, 1.807) is 11.0 Å². The summed E-state index contributed by atoms with van der Waals surface area (Å²) in [5, 5.41) is 7.29. The van der Waals surface area contributed by atoms with E-state index in [0.717, 1.165) is 24.1 Å². The lowest BCUT2D eigenvalue weighted by atomic mass is 10.1. The topological polar surface area (TPSA) is 62.3 Å². The summed E-state index contributed by atoms with van der Waals surface area (Å²) in [7, 11) is 0. The molecule has 1 atom stereocenters. The van der Waals surface area contributed by atoms with E-state index in [1.807, 2.05) is 16.8 Å². The second-order valence-electron chi connectivity index (χ2n) is 6.71. The van der Waals surface area contributed by atoms with Gasteiger partial charge in [0.25, 0.3) is 5.91 Å². The van der Waals surface area contributed by atoms with Gasteiger partial charge < -0.3 is 10.2 Å². The van der Waals surface area contributed by atoms with Crippen molar-refractivity contribution in [2.75, 3.05) is 11.9 Å². The molecule has 2 aromatic heterocycles. The summed E-state index contributed by atoms with van der Waals surface area (Å²) in [4.78, 5) is 32.4. The molecule has 0 radical (unpaired) electrons. The van der Waals surface area contributed by atoms with E-state index in [2.05, 4.69) is 41.5 Å². The average Bonchev–Trinajstić information content (AvgIpc) is 3.48. The first kappa shape index (κ1) is 18.8. The Kier molecular flexibility index (Phi) is 5.54. The number of amides is 2. The molecular weight excluding hydrogens is 390 g/mol. The Balaban J connectivity index is 1.44. The molecule has 0 saturated carbocycles. The van der Waals surface area contributed by atoms with Crippen LogP contribution in [0.25, 0.3) is 11.3 Å². The minimum Gasteiger partial charge on any atom is -0.326 e. The van der Waals surface area contributed by atoms with Crippen LogP contribution in [0.3, 0.4) is 0 Å². The van der Waals surface area contributed by atoms with Gasteiger partial charge in [0.05, 0.1) is 10.6 Å². The number of carbonyl (C=O) groups excluding carboxylic acids is 2. The largest absolute Gasteiger partial charge is 0.326 e. The van der Waals surface area contributed by atoms with Gasteiger partial charge in [0.2, 0.25) is 5.91 Å². The highest BCUT2D eigenvalue weighted by molar-refractivity contribution is 7.14. The molecule has 144 valence electrons. The lowest BCUT2D eigenvalue weighted by molar-refractivity contribution is -0.119. The second kappa shape index (κ2) is 8.24. The minimum absolute atomic E-state index is 0.0662. The summed E-state index contributed by atoms with van der Waals surface area (Å²) in [5.74, 6) is -0.229. The third kappa shape index (κ3) is 3.86. The van der Waals surface area contributed by atoms with Crippen molar-refractivity contribution in [1.29, 1.82) is 0 Å². The van der Waals surface area contributed by atoms with Crippen molar-refractivity contribution in [3.05, 3.63) is 57.6 Å². The molecule has 1 aromatic carbocycles. The molecule has 3 aromatic rings. The van der Waals surface area contributed by atoms with Crippen LogP contribution in [-0.4, -0.2) is 34.3 Å². The van der Waals surface area contributed by atoms with Gasteiger partial charge in [-0.15, -0.1) is 22.7 Å². The third-order valence-corrected chi connectivity index (χ3v) is 6.56. The van der Waals surface area contributed by atoms with Gasteiger partial charge in [0.1, 0.15) is 6.04 Å². The van der Waals surface area contributed by atoms with Crippen LogP contribution in [0.1, 0.15) is 35.0 Å². The molecule has 0 bridgehead atoms. The molecule has 1 saturated heterocycles. The zero-order chi connectivity index (χ0) is 19.5. The first-order chi connectivity index (χ1) is 13.7. The first-order valence-electron chi connectivity index (χ1n) is 9.36. The number of nitrogens with zero attached hydrogens (tertiary/aromatic N) is 2. The fourth-order valence-electron chi connectivity index (χ4n) is 3.39. The number of thiazole rings is 1. The van der Waals surface area contributed by atoms with Crippen molar-refractivity contribution in [2.24, 2.45) is 0 Å². The Hall–Kier alpha value is -2.51. The fraction of sp³-hybridized carbons (Fsp3) is 0.286. The highest BCUT2D eigenvalue weighted by Crippen LogP contribution is 2.27. The number of rotatable bonds is 5. The Bertz CT molecular complexity index is 964. The van der Waals surface area contributed by atoms with Crippen LogP contribution < -0.4 is 5.32 Å². The minimum atomic E-state index is -0.439. The van der Waals surface area contributed by atoms with Crippen molar-refractivity contribution >= 4 is 39.6 Å². The van der Waals surface area contributed by atoms with E-state index in [9.17, 15) is 9.59 Å². The van der Waals surface area contributed by atoms with Gasteiger partial charge in [-0.05, 0) is 36.3 Å². The van der Waals surface area contributed by atoms with Crippen molar-refractivity contribution in [2.45, 2.75) is 32.2 Å². The highest BCUT2D eigenvalue weighted by Gasteiger charge is 2.35. The number of anilines is 1. The van der Waals surface area contributed by atoms with Gasteiger partial charge >= 0.3 is 0 Å². The maximum absolute atomic E-state index is 12.8. The SMILES string of the molecule is CCc1ccc(-c2csc(NC(=O)C3CCCN3C(=O)c3cccs3)n2)cc1. The van der Waals surface area contributed by atoms with Crippen molar-refractivity contribution in [1.82, 2.24) is 9.88 Å². The van der Waals surface area contributed by atoms with Gasteiger partial charge in [-0.1, -0.05) is 37.3 Å². The predicted octanol–water partition coefficient (Wildman–Crippen LogP) is 4.68. The van der Waals surface area contributed by atoms with Crippen LogP contribution >= 0.6 is 22.7 Å².